The normalized spacial score (nSPS) is 11.6. The molecule has 0 unspecified atom stereocenters. The fourth-order valence-electron chi connectivity index (χ4n) is 3.83. The number of benzene rings is 3. The van der Waals surface area contributed by atoms with Gasteiger partial charge in [0.15, 0.2) is 5.69 Å². The van der Waals surface area contributed by atoms with Gasteiger partial charge in [-0.3, -0.25) is 9.78 Å². The summed E-state index contributed by atoms with van der Waals surface area (Å²) in [5.41, 5.74) is 2.75. The van der Waals surface area contributed by atoms with Gasteiger partial charge in [0.1, 0.15) is 11.9 Å². The molecule has 3 aromatic carbocycles. The van der Waals surface area contributed by atoms with E-state index < -0.39 is 23.7 Å². The van der Waals surface area contributed by atoms with Gasteiger partial charge in [0, 0.05) is 28.6 Å². The van der Waals surface area contributed by atoms with Gasteiger partial charge in [0.25, 0.3) is 5.91 Å². The zero-order valence-electron chi connectivity index (χ0n) is 18.2. The summed E-state index contributed by atoms with van der Waals surface area (Å²) in [5, 5.41) is 12.8. The van der Waals surface area contributed by atoms with Gasteiger partial charge in [0.2, 0.25) is 0 Å². The standard InChI is InChI=1S/C26H15Cl3FN3O3/c1-31-15-5-7-17(19(27)12-15)18-6-4-13(16-3-2-8-32-24(16)18)9-22(26(35)36)33-25(34)23-20(28)10-14(30)11-21(23)29/h2-8,10-12,22H,9H2,(H,33,34)(H,35,36)/t22-/m0/s1. The smallest absolute Gasteiger partial charge is 0.326 e. The Hall–Kier alpha value is -3.70. The maximum Gasteiger partial charge on any atom is 0.326 e. The lowest BCUT2D eigenvalue weighted by Gasteiger charge is -2.18. The molecule has 2 N–H and O–H groups in total. The molecule has 0 fully saturated rings. The Morgan fingerprint density at radius 2 is 1.72 bits per heavy atom. The number of carbonyl (C=O) groups is 2. The Labute approximate surface area is 220 Å². The van der Waals surface area contributed by atoms with Crippen LogP contribution in [-0.4, -0.2) is 28.0 Å². The zero-order chi connectivity index (χ0) is 26.0. The lowest BCUT2D eigenvalue weighted by atomic mass is 9.95. The second-order valence-corrected chi connectivity index (χ2v) is 8.98. The summed E-state index contributed by atoms with van der Waals surface area (Å²) in [4.78, 5) is 32.7. The van der Waals surface area contributed by atoms with Crippen LogP contribution < -0.4 is 5.32 Å². The molecule has 1 heterocycles. The molecule has 0 radical (unpaired) electrons. The van der Waals surface area contributed by atoms with E-state index in [0.29, 0.717) is 38.3 Å². The van der Waals surface area contributed by atoms with E-state index in [9.17, 15) is 19.1 Å². The number of halogens is 4. The van der Waals surface area contributed by atoms with Crippen molar-refractivity contribution in [3.05, 3.63) is 104 Å². The van der Waals surface area contributed by atoms with Crippen molar-refractivity contribution in [3.8, 4) is 11.1 Å². The predicted molar refractivity (Wildman–Crippen MR) is 137 cm³/mol. The van der Waals surface area contributed by atoms with Gasteiger partial charge in [-0.05, 0) is 35.4 Å². The summed E-state index contributed by atoms with van der Waals surface area (Å²) in [6.45, 7) is 7.16. The fraction of sp³-hybridized carbons (Fsp3) is 0.0769. The third kappa shape index (κ3) is 5.12. The Kier molecular flexibility index (Phi) is 7.41. The quantitative estimate of drug-likeness (QED) is 0.258. The summed E-state index contributed by atoms with van der Waals surface area (Å²) in [6.07, 6.45) is 1.52. The maximum atomic E-state index is 13.5. The molecule has 1 atom stereocenters. The number of amides is 1. The average Bonchev–Trinajstić information content (AvgIpc) is 2.83. The van der Waals surface area contributed by atoms with Crippen molar-refractivity contribution in [2.24, 2.45) is 0 Å². The number of carbonyl (C=O) groups excluding carboxylic acids is 1. The van der Waals surface area contributed by atoms with Crippen LogP contribution in [0.2, 0.25) is 15.1 Å². The van der Waals surface area contributed by atoms with Crippen LogP contribution >= 0.6 is 34.8 Å². The Balaban J connectivity index is 1.70. The summed E-state index contributed by atoms with van der Waals surface area (Å²) in [6, 6.07) is 12.4. The first kappa shape index (κ1) is 25.4. The van der Waals surface area contributed by atoms with Gasteiger partial charge < -0.3 is 10.4 Å². The maximum absolute atomic E-state index is 13.5. The highest BCUT2D eigenvalue weighted by Gasteiger charge is 2.25. The number of hydrogen-bond acceptors (Lipinski definition) is 3. The number of nitrogens with zero attached hydrogens (tertiary/aromatic N) is 2. The average molecular weight is 543 g/mol. The highest BCUT2D eigenvalue weighted by Crippen LogP contribution is 2.36. The molecular formula is C26H15Cl3FN3O3. The molecular weight excluding hydrogens is 528 g/mol. The van der Waals surface area contributed by atoms with Crippen LogP contribution in [0.15, 0.2) is 60.8 Å². The molecule has 6 nitrogen and oxygen atoms in total. The second-order valence-electron chi connectivity index (χ2n) is 7.76. The molecule has 0 spiro atoms. The molecule has 4 aromatic rings. The fourth-order valence-corrected chi connectivity index (χ4v) is 4.74. The molecule has 4 rings (SSSR count). The molecule has 0 bridgehead atoms. The van der Waals surface area contributed by atoms with Gasteiger partial charge in [0.05, 0.1) is 27.7 Å². The zero-order valence-corrected chi connectivity index (χ0v) is 20.5. The molecule has 0 aliphatic heterocycles. The molecule has 10 heteroatoms. The second kappa shape index (κ2) is 10.5. The summed E-state index contributed by atoms with van der Waals surface area (Å²) >= 11 is 18.4. The van der Waals surface area contributed by atoms with E-state index in [2.05, 4.69) is 15.1 Å². The van der Waals surface area contributed by atoms with Gasteiger partial charge in [-0.2, -0.15) is 0 Å². The lowest BCUT2D eigenvalue weighted by Crippen LogP contribution is -2.42. The van der Waals surface area contributed by atoms with Crippen LogP contribution in [0.3, 0.4) is 0 Å². The van der Waals surface area contributed by atoms with E-state index in [1.165, 1.54) is 0 Å². The summed E-state index contributed by atoms with van der Waals surface area (Å²) in [7, 11) is 0. The molecule has 1 aromatic heterocycles. The minimum Gasteiger partial charge on any atom is -0.480 e. The SMILES string of the molecule is [C-]#[N+]c1ccc(-c2ccc(C[C@H](NC(=O)c3c(Cl)cc(F)cc3Cl)C(=O)O)c3cccnc23)c(Cl)c1. The number of hydrogen-bond donors (Lipinski definition) is 2. The molecule has 0 saturated heterocycles. The molecule has 180 valence electrons. The minimum atomic E-state index is -1.34. The van der Waals surface area contributed by atoms with E-state index in [1.54, 1.807) is 48.7 Å². The molecule has 0 aliphatic rings. The largest absolute Gasteiger partial charge is 0.480 e. The number of fused-ring (bicyclic) bond motifs is 1. The van der Waals surface area contributed by atoms with Gasteiger partial charge in [-0.25, -0.2) is 14.0 Å². The van der Waals surface area contributed by atoms with Gasteiger partial charge >= 0.3 is 5.97 Å². The number of rotatable bonds is 6. The molecule has 36 heavy (non-hydrogen) atoms. The summed E-state index contributed by atoms with van der Waals surface area (Å²) < 4.78 is 13.5. The number of pyridine rings is 1. The first-order chi connectivity index (χ1) is 17.2. The number of aromatic nitrogens is 1. The Bertz CT molecular complexity index is 1550. The van der Waals surface area contributed by atoms with Crippen LogP contribution in [-0.2, 0) is 11.2 Å². The molecule has 0 aliphatic carbocycles. The van der Waals surface area contributed by atoms with Crippen LogP contribution in [0.25, 0.3) is 26.9 Å². The van der Waals surface area contributed by atoms with Crippen molar-refractivity contribution in [2.75, 3.05) is 0 Å². The number of carboxylic acid groups (broad SMARTS) is 1. The highest BCUT2D eigenvalue weighted by atomic mass is 35.5. The van der Waals surface area contributed by atoms with Gasteiger partial charge in [-0.1, -0.05) is 65.1 Å². The van der Waals surface area contributed by atoms with E-state index >= 15 is 0 Å². The van der Waals surface area contributed by atoms with Crippen LogP contribution in [0.1, 0.15) is 15.9 Å². The lowest BCUT2D eigenvalue weighted by molar-refractivity contribution is -0.139. The van der Waals surface area contributed by atoms with Crippen LogP contribution in [0.5, 0.6) is 0 Å². The van der Waals surface area contributed by atoms with E-state index in [4.69, 9.17) is 41.4 Å². The number of nitrogens with one attached hydrogen (secondary N) is 1. The van der Waals surface area contributed by atoms with Crippen LogP contribution in [0.4, 0.5) is 10.1 Å². The molecule has 0 saturated carbocycles. The highest BCUT2D eigenvalue weighted by molar-refractivity contribution is 6.39. The minimum absolute atomic E-state index is 0.0790. The first-order valence-electron chi connectivity index (χ1n) is 10.4. The van der Waals surface area contributed by atoms with E-state index in [0.717, 1.165) is 12.1 Å². The Morgan fingerprint density at radius 3 is 2.36 bits per heavy atom. The number of carboxylic acids is 1. The third-order valence-electron chi connectivity index (χ3n) is 5.49. The third-order valence-corrected chi connectivity index (χ3v) is 6.40. The summed E-state index contributed by atoms with van der Waals surface area (Å²) in [5.74, 6) is -2.85. The van der Waals surface area contributed by atoms with Crippen molar-refractivity contribution in [3.63, 3.8) is 0 Å². The number of aliphatic carboxylic acids is 1. The first-order valence-corrected chi connectivity index (χ1v) is 11.5. The monoisotopic (exact) mass is 541 g/mol. The van der Waals surface area contributed by atoms with Gasteiger partial charge in [-0.15, -0.1) is 0 Å². The Morgan fingerprint density at radius 1 is 1.03 bits per heavy atom. The van der Waals surface area contributed by atoms with Crippen molar-refractivity contribution in [1.82, 2.24) is 10.3 Å². The van der Waals surface area contributed by atoms with Crippen molar-refractivity contribution >= 4 is 63.3 Å². The van der Waals surface area contributed by atoms with Crippen LogP contribution in [0, 0.1) is 12.4 Å². The van der Waals surface area contributed by atoms with E-state index in [-0.39, 0.29) is 22.0 Å². The van der Waals surface area contributed by atoms with Crippen molar-refractivity contribution in [1.29, 1.82) is 0 Å². The van der Waals surface area contributed by atoms with Crippen molar-refractivity contribution < 1.29 is 19.1 Å². The topological polar surface area (TPSA) is 83.7 Å². The van der Waals surface area contributed by atoms with Crippen molar-refractivity contribution in [2.45, 2.75) is 12.5 Å². The molecule has 1 amide bonds. The predicted octanol–water partition coefficient (Wildman–Crippen LogP) is 6.98. The van der Waals surface area contributed by atoms with E-state index in [1.807, 2.05) is 0 Å².